The van der Waals surface area contributed by atoms with Crippen molar-refractivity contribution in [2.24, 2.45) is 23.7 Å². The van der Waals surface area contributed by atoms with Gasteiger partial charge in [-0.05, 0) is 67.8 Å². The van der Waals surface area contributed by atoms with Crippen LogP contribution in [0.2, 0.25) is 0 Å². The lowest BCUT2D eigenvalue weighted by Gasteiger charge is -2.56. The van der Waals surface area contributed by atoms with Gasteiger partial charge in [0.1, 0.15) is 0 Å². The number of nitrogens with one attached hydrogen (secondary N) is 3. The molecule has 4 aliphatic rings. The van der Waals surface area contributed by atoms with Crippen LogP contribution in [0.15, 0.2) is 30.3 Å². The minimum absolute atomic E-state index is 0.0724. The summed E-state index contributed by atoms with van der Waals surface area (Å²) in [4.78, 5) is 24.9. The van der Waals surface area contributed by atoms with Gasteiger partial charge >= 0.3 is 6.03 Å². The van der Waals surface area contributed by atoms with E-state index in [4.69, 9.17) is 0 Å². The zero-order valence-corrected chi connectivity index (χ0v) is 17.0. The molecule has 4 saturated carbocycles. The normalized spacial score (nSPS) is 31.6. The van der Waals surface area contributed by atoms with Crippen LogP contribution < -0.4 is 16.0 Å². The maximum absolute atomic E-state index is 12.5. The van der Waals surface area contributed by atoms with E-state index in [9.17, 15) is 9.59 Å². The van der Waals surface area contributed by atoms with Crippen LogP contribution >= 0.6 is 0 Å². The molecule has 0 unspecified atom stereocenters. The van der Waals surface area contributed by atoms with Crippen molar-refractivity contribution >= 4 is 11.9 Å². The lowest BCUT2D eigenvalue weighted by Crippen LogP contribution is -2.62. The summed E-state index contributed by atoms with van der Waals surface area (Å²) in [5.41, 5.74) is 1.08. The molecule has 3 N–H and O–H groups in total. The highest BCUT2D eigenvalue weighted by Crippen LogP contribution is 2.55. The van der Waals surface area contributed by atoms with Crippen LogP contribution in [-0.4, -0.2) is 24.0 Å². The number of carbonyl (C=O) groups is 2. The summed E-state index contributed by atoms with van der Waals surface area (Å²) < 4.78 is 0. The Morgan fingerprint density at radius 3 is 2.11 bits per heavy atom. The summed E-state index contributed by atoms with van der Waals surface area (Å²) in [5.74, 6) is 2.37. The fraction of sp³-hybridized carbons (Fsp3) is 0.652. The Bertz CT molecular complexity index is 681. The fourth-order valence-corrected chi connectivity index (χ4v) is 6.31. The Labute approximate surface area is 168 Å². The molecule has 4 fully saturated rings. The zero-order chi connectivity index (χ0) is 19.7. The van der Waals surface area contributed by atoms with Crippen LogP contribution in [0.5, 0.6) is 0 Å². The summed E-state index contributed by atoms with van der Waals surface area (Å²) in [5, 5.41) is 9.06. The lowest BCUT2D eigenvalue weighted by molar-refractivity contribution is -0.119. The molecule has 0 aromatic heterocycles. The molecule has 152 valence electrons. The first-order valence-electron chi connectivity index (χ1n) is 10.8. The van der Waals surface area contributed by atoms with E-state index in [2.05, 4.69) is 41.9 Å². The zero-order valence-electron chi connectivity index (χ0n) is 17.0. The molecule has 5 nitrogen and oxygen atoms in total. The van der Waals surface area contributed by atoms with Crippen LogP contribution in [0, 0.1) is 23.7 Å². The van der Waals surface area contributed by atoms with Gasteiger partial charge in [-0.1, -0.05) is 44.2 Å². The Hall–Kier alpha value is -1.88. The molecule has 3 amide bonds. The Morgan fingerprint density at radius 2 is 1.57 bits per heavy atom. The summed E-state index contributed by atoms with van der Waals surface area (Å²) in [6.07, 6.45) is 7.26. The van der Waals surface area contributed by atoms with E-state index in [0.29, 0.717) is 5.92 Å². The minimum atomic E-state index is -0.324. The van der Waals surface area contributed by atoms with Gasteiger partial charge in [0, 0.05) is 11.6 Å². The number of carbonyl (C=O) groups excluding carboxylic acids is 2. The van der Waals surface area contributed by atoms with Gasteiger partial charge in [-0.3, -0.25) is 10.1 Å². The predicted octanol–water partition coefficient (Wildman–Crippen LogP) is 3.77. The lowest BCUT2D eigenvalue weighted by atomic mass is 9.53. The van der Waals surface area contributed by atoms with E-state index >= 15 is 0 Å². The molecular weight excluding hydrogens is 350 g/mol. The van der Waals surface area contributed by atoms with Crippen LogP contribution in [0.25, 0.3) is 0 Å². The topological polar surface area (TPSA) is 70.2 Å². The van der Waals surface area contributed by atoms with Gasteiger partial charge in [0.25, 0.3) is 0 Å². The Kier molecular flexibility index (Phi) is 5.46. The van der Waals surface area contributed by atoms with Crippen molar-refractivity contribution in [1.29, 1.82) is 0 Å². The van der Waals surface area contributed by atoms with Crippen molar-refractivity contribution in [1.82, 2.24) is 16.0 Å². The molecule has 0 radical (unpaired) electrons. The summed E-state index contributed by atoms with van der Waals surface area (Å²) in [6.45, 7) is 4.39. The first-order valence-corrected chi connectivity index (χ1v) is 10.8. The molecule has 28 heavy (non-hydrogen) atoms. The fourth-order valence-electron chi connectivity index (χ4n) is 6.31. The first-order chi connectivity index (χ1) is 13.4. The third kappa shape index (κ3) is 4.24. The second-order valence-electron chi connectivity index (χ2n) is 9.71. The second-order valence-corrected chi connectivity index (χ2v) is 9.71. The van der Waals surface area contributed by atoms with Crippen molar-refractivity contribution < 1.29 is 9.59 Å². The maximum Gasteiger partial charge on any atom is 0.321 e. The number of hydrogen-bond acceptors (Lipinski definition) is 3. The SMILES string of the molecule is CC(C)[C@H](NCC(=O)NC(=O)NC12CC3CC(CC(C3)C1)C2)c1ccccc1. The first kappa shape index (κ1) is 19.4. The van der Waals surface area contributed by atoms with Crippen molar-refractivity contribution in [3.8, 4) is 0 Å². The highest BCUT2D eigenvalue weighted by Gasteiger charge is 2.51. The van der Waals surface area contributed by atoms with Gasteiger partial charge in [0.2, 0.25) is 5.91 Å². The van der Waals surface area contributed by atoms with Crippen LogP contribution in [0.4, 0.5) is 4.79 Å². The quantitative estimate of drug-likeness (QED) is 0.700. The highest BCUT2D eigenvalue weighted by molar-refractivity contribution is 5.95. The third-order valence-electron chi connectivity index (χ3n) is 6.98. The van der Waals surface area contributed by atoms with Crippen molar-refractivity contribution in [3.05, 3.63) is 35.9 Å². The average Bonchev–Trinajstić information content (AvgIpc) is 2.60. The Balaban J connectivity index is 1.28. The molecule has 5 heteroatoms. The predicted molar refractivity (Wildman–Crippen MR) is 110 cm³/mol. The second kappa shape index (κ2) is 7.86. The van der Waals surface area contributed by atoms with Crippen LogP contribution in [-0.2, 0) is 4.79 Å². The monoisotopic (exact) mass is 383 g/mol. The van der Waals surface area contributed by atoms with Gasteiger partial charge in [-0.2, -0.15) is 0 Å². The number of benzene rings is 1. The molecular formula is C23H33N3O2. The molecule has 1 aromatic rings. The van der Waals surface area contributed by atoms with Crippen LogP contribution in [0.3, 0.4) is 0 Å². The average molecular weight is 384 g/mol. The van der Waals surface area contributed by atoms with E-state index < -0.39 is 0 Å². The number of amides is 3. The molecule has 4 bridgehead atoms. The van der Waals surface area contributed by atoms with E-state index in [1.165, 1.54) is 19.3 Å². The third-order valence-corrected chi connectivity index (χ3v) is 6.98. The van der Waals surface area contributed by atoms with Crippen LogP contribution in [0.1, 0.15) is 64.0 Å². The smallest absolute Gasteiger partial charge is 0.321 e. The molecule has 4 aliphatic carbocycles. The Morgan fingerprint density at radius 1 is 1.00 bits per heavy atom. The summed E-state index contributed by atoms with van der Waals surface area (Å²) in [6, 6.07) is 9.89. The largest absolute Gasteiger partial charge is 0.332 e. The van der Waals surface area contributed by atoms with Gasteiger partial charge in [0.05, 0.1) is 6.54 Å². The van der Waals surface area contributed by atoms with E-state index in [1.807, 2.05) is 18.2 Å². The molecule has 0 saturated heterocycles. The number of urea groups is 1. The van der Waals surface area contributed by atoms with Crippen molar-refractivity contribution in [3.63, 3.8) is 0 Å². The van der Waals surface area contributed by atoms with Gasteiger partial charge in [0.15, 0.2) is 0 Å². The van der Waals surface area contributed by atoms with Gasteiger partial charge < -0.3 is 10.6 Å². The highest BCUT2D eigenvalue weighted by atomic mass is 16.2. The van der Waals surface area contributed by atoms with Gasteiger partial charge in [-0.15, -0.1) is 0 Å². The van der Waals surface area contributed by atoms with E-state index in [0.717, 1.165) is 42.6 Å². The maximum atomic E-state index is 12.5. The molecule has 1 aromatic carbocycles. The molecule has 5 rings (SSSR count). The molecule has 1 atom stereocenters. The molecule has 0 aliphatic heterocycles. The number of hydrogen-bond donors (Lipinski definition) is 3. The number of rotatable bonds is 6. The van der Waals surface area contributed by atoms with E-state index in [1.54, 1.807) is 0 Å². The minimum Gasteiger partial charge on any atom is -0.332 e. The molecule has 0 heterocycles. The summed E-state index contributed by atoms with van der Waals surface area (Å²) >= 11 is 0. The summed E-state index contributed by atoms with van der Waals surface area (Å²) in [7, 11) is 0. The van der Waals surface area contributed by atoms with Gasteiger partial charge in [-0.25, -0.2) is 4.79 Å². The standard InChI is InChI=1S/C23H33N3O2/c1-15(2)21(19-6-4-3-5-7-19)24-14-20(27)25-22(28)26-23-11-16-8-17(12-23)10-18(9-16)13-23/h3-7,15-18,21,24H,8-14H2,1-2H3,(H2,25,26,27,28)/t16?,17?,18?,21-,23?/m0/s1. The molecule has 0 spiro atoms. The van der Waals surface area contributed by atoms with Crippen molar-refractivity contribution in [2.45, 2.75) is 64.0 Å². The van der Waals surface area contributed by atoms with E-state index in [-0.39, 0.29) is 30.1 Å². The number of imide groups is 1. The van der Waals surface area contributed by atoms with Crippen molar-refractivity contribution in [2.75, 3.05) is 6.54 Å².